The molecule has 2 rings (SSSR count). The summed E-state index contributed by atoms with van der Waals surface area (Å²) in [7, 11) is 0. The quantitative estimate of drug-likeness (QED) is 0.630. The van der Waals surface area contributed by atoms with Crippen LogP contribution in [-0.2, 0) is 0 Å². The molecule has 1 aromatic heterocycles. The van der Waals surface area contributed by atoms with Crippen LogP contribution >= 0.6 is 34.5 Å². The molecule has 86 valence electrons. The van der Waals surface area contributed by atoms with Gasteiger partial charge in [0.25, 0.3) is 5.24 Å². The van der Waals surface area contributed by atoms with Gasteiger partial charge in [-0.15, -0.1) is 0 Å². The zero-order chi connectivity index (χ0) is 12.4. The van der Waals surface area contributed by atoms with E-state index in [9.17, 15) is 9.59 Å². The molecule has 0 saturated carbocycles. The van der Waals surface area contributed by atoms with Crippen molar-refractivity contribution in [3.8, 4) is 0 Å². The molecule has 17 heavy (non-hydrogen) atoms. The van der Waals surface area contributed by atoms with Gasteiger partial charge in [0.2, 0.25) is 0 Å². The highest BCUT2D eigenvalue weighted by Crippen LogP contribution is 2.24. The Labute approximate surface area is 112 Å². The molecule has 0 aliphatic rings. The fourth-order valence-corrected chi connectivity index (χ4v) is 2.67. The summed E-state index contributed by atoms with van der Waals surface area (Å²) in [6.45, 7) is 0. The highest BCUT2D eigenvalue weighted by Gasteiger charge is 2.19. The summed E-state index contributed by atoms with van der Waals surface area (Å²) in [6.07, 6.45) is 0. The van der Waals surface area contributed by atoms with Crippen molar-refractivity contribution in [3.05, 3.63) is 56.7 Å². The van der Waals surface area contributed by atoms with Gasteiger partial charge in [-0.05, 0) is 23.7 Å². The molecule has 2 aromatic rings. The van der Waals surface area contributed by atoms with Crippen LogP contribution in [0.1, 0.15) is 26.3 Å². The average Bonchev–Trinajstić information content (AvgIpc) is 2.77. The highest BCUT2D eigenvalue weighted by atomic mass is 35.5. The molecule has 1 heterocycles. The molecule has 5 heteroatoms. The van der Waals surface area contributed by atoms with Gasteiger partial charge in [0.15, 0.2) is 5.78 Å². The van der Waals surface area contributed by atoms with Gasteiger partial charge in [0.05, 0.1) is 10.6 Å². The van der Waals surface area contributed by atoms with E-state index in [0.717, 1.165) is 0 Å². The summed E-state index contributed by atoms with van der Waals surface area (Å²) in [5.41, 5.74) is 0.886. The Kier molecular flexibility index (Phi) is 3.62. The van der Waals surface area contributed by atoms with Crippen molar-refractivity contribution in [2.45, 2.75) is 0 Å². The molecule has 0 fully saturated rings. The maximum Gasteiger partial charge on any atom is 0.253 e. The number of carbonyl (C=O) groups excluding carboxylic acids is 2. The zero-order valence-corrected chi connectivity index (χ0v) is 10.8. The third kappa shape index (κ3) is 2.41. The summed E-state index contributed by atoms with van der Waals surface area (Å²) < 4.78 is 0. The molecule has 0 saturated heterocycles. The first kappa shape index (κ1) is 12.3. The molecule has 0 aliphatic carbocycles. The third-order valence-corrected chi connectivity index (χ3v) is 3.51. The van der Waals surface area contributed by atoms with E-state index in [1.54, 1.807) is 35.0 Å². The highest BCUT2D eigenvalue weighted by molar-refractivity contribution is 7.08. The Balaban J connectivity index is 2.48. The van der Waals surface area contributed by atoms with Crippen LogP contribution in [0.5, 0.6) is 0 Å². The molecule has 0 bridgehead atoms. The number of hydrogen-bond acceptors (Lipinski definition) is 3. The van der Waals surface area contributed by atoms with E-state index in [2.05, 4.69) is 0 Å². The molecule has 0 atom stereocenters. The van der Waals surface area contributed by atoms with E-state index in [1.165, 1.54) is 11.3 Å². The van der Waals surface area contributed by atoms with Crippen molar-refractivity contribution in [1.29, 1.82) is 0 Å². The van der Waals surface area contributed by atoms with Gasteiger partial charge >= 0.3 is 0 Å². The molecule has 2 nitrogen and oxygen atoms in total. The van der Waals surface area contributed by atoms with Crippen molar-refractivity contribution in [3.63, 3.8) is 0 Å². The summed E-state index contributed by atoms with van der Waals surface area (Å²) in [5, 5.41) is 2.87. The normalized spacial score (nSPS) is 10.2. The molecule has 0 N–H and O–H groups in total. The summed E-state index contributed by atoms with van der Waals surface area (Å²) in [6, 6.07) is 6.70. The number of benzene rings is 1. The molecule has 0 unspecified atom stereocenters. The predicted molar refractivity (Wildman–Crippen MR) is 69.4 cm³/mol. The maximum absolute atomic E-state index is 12.2. The van der Waals surface area contributed by atoms with Crippen LogP contribution in [0.2, 0.25) is 5.02 Å². The lowest BCUT2D eigenvalue weighted by Gasteiger charge is -2.02. The fraction of sp³-hybridized carbons (Fsp3) is 0. The second kappa shape index (κ2) is 5.00. The smallest absolute Gasteiger partial charge is 0.253 e. The molecule has 1 aromatic carbocycles. The van der Waals surface area contributed by atoms with Crippen LogP contribution in [0, 0.1) is 0 Å². The van der Waals surface area contributed by atoms with Crippen LogP contribution in [0.4, 0.5) is 0 Å². The number of rotatable bonds is 3. The van der Waals surface area contributed by atoms with Gasteiger partial charge in [-0.1, -0.05) is 23.7 Å². The van der Waals surface area contributed by atoms with E-state index < -0.39 is 5.24 Å². The first-order chi connectivity index (χ1) is 8.11. The van der Waals surface area contributed by atoms with Crippen LogP contribution < -0.4 is 0 Å². The van der Waals surface area contributed by atoms with Crippen molar-refractivity contribution in [2.24, 2.45) is 0 Å². The van der Waals surface area contributed by atoms with Crippen LogP contribution in [0.15, 0.2) is 35.0 Å². The number of thiophene rings is 1. The number of ketones is 1. The van der Waals surface area contributed by atoms with Gasteiger partial charge in [-0.2, -0.15) is 11.3 Å². The fourth-order valence-electron chi connectivity index (χ4n) is 1.42. The minimum atomic E-state index is -0.637. The Bertz CT molecular complexity index is 590. The zero-order valence-electron chi connectivity index (χ0n) is 8.44. The second-order valence-electron chi connectivity index (χ2n) is 3.28. The largest absolute Gasteiger partial charge is 0.288 e. The summed E-state index contributed by atoms with van der Waals surface area (Å²) in [5.74, 6) is -0.291. The van der Waals surface area contributed by atoms with Gasteiger partial charge in [-0.25, -0.2) is 0 Å². The minimum absolute atomic E-state index is 0.224. The topological polar surface area (TPSA) is 34.1 Å². The van der Waals surface area contributed by atoms with E-state index in [1.807, 2.05) is 0 Å². The predicted octanol–water partition coefficient (Wildman–Crippen LogP) is 4.01. The first-order valence-electron chi connectivity index (χ1n) is 4.66. The van der Waals surface area contributed by atoms with E-state index >= 15 is 0 Å². The third-order valence-electron chi connectivity index (χ3n) is 2.24. The Morgan fingerprint density at radius 3 is 2.29 bits per heavy atom. The van der Waals surface area contributed by atoms with E-state index in [-0.39, 0.29) is 11.3 Å². The maximum atomic E-state index is 12.2. The van der Waals surface area contributed by atoms with Crippen molar-refractivity contribution < 1.29 is 9.59 Å². The molecule has 0 amide bonds. The van der Waals surface area contributed by atoms with Crippen molar-refractivity contribution in [2.75, 3.05) is 0 Å². The van der Waals surface area contributed by atoms with Crippen LogP contribution in [0.25, 0.3) is 0 Å². The Hall–Kier alpha value is -1.16. The lowest BCUT2D eigenvalue weighted by Crippen LogP contribution is -2.05. The number of halogens is 2. The molecular weight excluding hydrogens is 279 g/mol. The summed E-state index contributed by atoms with van der Waals surface area (Å²) >= 11 is 12.6. The van der Waals surface area contributed by atoms with Gasteiger partial charge in [0.1, 0.15) is 0 Å². The standard InChI is InChI=1S/C12H6Cl2O2S/c13-10-4-2-1-3-7(10)11(15)8-5-17-6-9(8)12(14)16/h1-6H. The van der Waals surface area contributed by atoms with Crippen LogP contribution in [-0.4, -0.2) is 11.0 Å². The SMILES string of the molecule is O=C(Cl)c1cscc1C(=O)c1ccccc1Cl. The van der Waals surface area contributed by atoms with Gasteiger partial charge in [-0.3, -0.25) is 9.59 Å². The molecular formula is C12H6Cl2O2S. The lowest BCUT2D eigenvalue weighted by molar-refractivity contribution is 0.102. The number of hydrogen-bond donors (Lipinski definition) is 0. The lowest BCUT2D eigenvalue weighted by atomic mass is 10.0. The van der Waals surface area contributed by atoms with Gasteiger partial charge in [0, 0.05) is 21.9 Å². The second-order valence-corrected chi connectivity index (χ2v) is 4.78. The Morgan fingerprint density at radius 2 is 1.65 bits per heavy atom. The van der Waals surface area contributed by atoms with E-state index in [0.29, 0.717) is 16.1 Å². The van der Waals surface area contributed by atoms with Crippen LogP contribution in [0.3, 0.4) is 0 Å². The molecule has 0 radical (unpaired) electrons. The van der Waals surface area contributed by atoms with Crippen molar-refractivity contribution in [1.82, 2.24) is 0 Å². The average molecular weight is 285 g/mol. The number of carbonyl (C=O) groups is 2. The Morgan fingerprint density at radius 1 is 1.00 bits per heavy atom. The molecule has 0 aliphatic heterocycles. The summed E-state index contributed by atoms with van der Waals surface area (Å²) in [4.78, 5) is 23.3. The van der Waals surface area contributed by atoms with Crippen molar-refractivity contribution >= 4 is 45.6 Å². The van der Waals surface area contributed by atoms with Gasteiger partial charge < -0.3 is 0 Å². The van der Waals surface area contributed by atoms with E-state index in [4.69, 9.17) is 23.2 Å². The minimum Gasteiger partial charge on any atom is -0.288 e. The first-order valence-corrected chi connectivity index (χ1v) is 6.36. The molecule has 0 spiro atoms. The monoisotopic (exact) mass is 284 g/mol.